The standard InChI is InChI=1S/C10H14ClN3O2/c11-9-8(5-13-14-10(9)15)12-4-7-2-1-3-16-6-7/h5,7H,1-4,6H2,(H2,12,14,15)/t7-/m0/s1. The van der Waals surface area contributed by atoms with Gasteiger partial charge in [0.1, 0.15) is 5.02 Å². The Balaban J connectivity index is 1.93. The smallest absolute Gasteiger partial charge is 0.285 e. The molecule has 2 N–H and O–H groups in total. The van der Waals surface area contributed by atoms with E-state index in [4.69, 9.17) is 16.3 Å². The highest BCUT2D eigenvalue weighted by Gasteiger charge is 2.14. The van der Waals surface area contributed by atoms with E-state index in [1.54, 1.807) is 0 Å². The van der Waals surface area contributed by atoms with Crippen molar-refractivity contribution in [2.24, 2.45) is 5.92 Å². The zero-order chi connectivity index (χ0) is 11.4. The van der Waals surface area contributed by atoms with Crippen LogP contribution in [0.4, 0.5) is 5.69 Å². The number of H-pyrrole nitrogens is 1. The van der Waals surface area contributed by atoms with Crippen LogP contribution >= 0.6 is 11.6 Å². The van der Waals surface area contributed by atoms with Crippen LogP contribution in [0.25, 0.3) is 0 Å². The number of aromatic amines is 1. The van der Waals surface area contributed by atoms with Crippen LogP contribution < -0.4 is 10.9 Å². The molecule has 88 valence electrons. The monoisotopic (exact) mass is 243 g/mol. The second-order valence-corrected chi connectivity index (χ2v) is 4.27. The Morgan fingerprint density at radius 2 is 2.56 bits per heavy atom. The Bertz CT molecular complexity index is 401. The summed E-state index contributed by atoms with van der Waals surface area (Å²) in [6.45, 7) is 2.37. The topological polar surface area (TPSA) is 67.0 Å². The summed E-state index contributed by atoms with van der Waals surface area (Å²) in [4.78, 5) is 11.2. The van der Waals surface area contributed by atoms with Gasteiger partial charge in [0.05, 0.1) is 18.5 Å². The van der Waals surface area contributed by atoms with Crippen LogP contribution in [0.2, 0.25) is 5.02 Å². The van der Waals surface area contributed by atoms with Crippen LogP contribution in [0.3, 0.4) is 0 Å². The number of nitrogens with zero attached hydrogens (tertiary/aromatic N) is 1. The predicted molar refractivity (Wildman–Crippen MR) is 61.9 cm³/mol. The van der Waals surface area contributed by atoms with Crippen molar-refractivity contribution in [2.75, 3.05) is 25.1 Å². The van der Waals surface area contributed by atoms with Crippen molar-refractivity contribution in [3.05, 3.63) is 21.6 Å². The lowest BCUT2D eigenvalue weighted by Crippen LogP contribution is -2.25. The molecule has 1 atom stereocenters. The second-order valence-electron chi connectivity index (χ2n) is 3.89. The van der Waals surface area contributed by atoms with E-state index in [9.17, 15) is 4.79 Å². The van der Waals surface area contributed by atoms with Gasteiger partial charge in [-0.2, -0.15) is 5.10 Å². The minimum absolute atomic E-state index is 0.159. The Kier molecular flexibility index (Phi) is 3.79. The molecule has 5 nitrogen and oxygen atoms in total. The van der Waals surface area contributed by atoms with Crippen molar-refractivity contribution < 1.29 is 4.74 Å². The maximum atomic E-state index is 11.2. The third-order valence-corrected chi connectivity index (χ3v) is 3.01. The van der Waals surface area contributed by atoms with Crippen LogP contribution in [0.15, 0.2) is 11.0 Å². The molecule has 0 aromatic carbocycles. The van der Waals surface area contributed by atoms with Crippen molar-refractivity contribution >= 4 is 17.3 Å². The van der Waals surface area contributed by atoms with Crippen molar-refractivity contribution in [3.8, 4) is 0 Å². The van der Waals surface area contributed by atoms with Gasteiger partial charge in [-0.15, -0.1) is 0 Å². The first kappa shape index (κ1) is 11.4. The number of hydrogen-bond donors (Lipinski definition) is 2. The van der Waals surface area contributed by atoms with E-state index in [-0.39, 0.29) is 10.6 Å². The van der Waals surface area contributed by atoms with Gasteiger partial charge in [-0.05, 0) is 18.8 Å². The summed E-state index contributed by atoms with van der Waals surface area (Å²) in [7, 11) is 0. The van der Waals surface area contributed by atoms with Gasteiger partial charge in [-0.1, -0.05) is 11.6 Å². The minimum atomic E-state index is -0.369. The van der Waals surface area contributed by atoms with Crippen LogP contribution in [-0.4, -0.2) is 30.0 Å². The van der Waals surface area contributed by atoms with Gasteiger partial charge in [-0.3, -0.25) is 4.79 Å². The first-order chi connectivity index (χ1) is 7.77. The minimum Gasteiger partial charge on any atom is -0.382 e. The third kappa shape index (κ3) is 2.74. The molecule has 0 radical (unpaired) electrons. The molecule has 0 unspecified atom stereocenters. The van der Waals surface area contributed by atoms with Crippen molar-refractivity contribution in [1.82, 2.24) is 10.2 Å². The number of halogens is 1. The van der Waals surface area contributed by atoms with E-state index in [0.717, 1.165) is 32.6 Å². The summed E-state index contributed by atoms with van der Waals surface area (Å²) >= 11 is 5.83. The molecule has 1 aliphatic heterocycles. The molecule has 1 aromatic rings. The average Bonchev–Trinajstić information content (AvgIpc) is 2.32. The quantitative estimate of drug-likeness (QED) is 0.839. The molecule has 0 saturated carbocycles. The first-order valence-electron chi connectivity index (χ1n) is 5.32. The number of ether oxygens (including phenoxy) is 1. The summed E-state index contributed by atoms with van der Waals surface area (Å²) in [6, 6.07) is 0. The molecular formula is C10H14ClN3O2. The highest BCUT2D eigenvalue weighted by atomic mass is 35.5. The lowest BCUT2D eigenvalue weighted by Gasteiger charge is -2.22. The zero-order valence-corrected chi connectivity index (χ0v) is 9.59. The number of hydrogen-bond acceptors (Lipinski definition) is 4. The summed E-state index contributed by atoms with van der Waals surface area (Å²) in [5, 5.41) is 9.26. The predicted octanol–water partition coefficient (Wildman–Crippen LogP) is 1.26. The Morgan fingerprint density at radius 1 is 1.69 bits per heavy atom. The fourth-order valence-electron chi connectivity index (χ4n) is 1.73. The molecule has 6 heteroatoms. The molecule has 16 heavy (non-hydrogen) atoms. The largest absolute Gasteiger partial charge is 0.382 e. The Hall–Kier alpha value is -1.07. The Morgan fingerprint density at radius 3 is 3.31 bits per heavy atom. The number of rotatable bonds is 3. The summed E-state index contributed by atoms with van der Waals surface area (Å²) in [6.07, 6.45) is 3.75. The normalized spacial score (nSPS) is 20.7. The van der Waals surface area contributed by atoms with Crippen molar-refractivity contribution in [3.63, 3.8) is 0 Å². The molecule has 1 fully saturated rings. The van der Waals surface area contributed by atoms with Crippen LogP contribution in [-0.2, 0) is 4.74 Å². The van der Waals surface area contributed by atoms with Crippen LogP contribution in [0.5, 0.6) is 0 Å². The van der Waals surface area contributed by atoms with Gasteiger partial charge in [0.2, 0.25) is 0 Å². The van der Waals surface area contributed by atoms with E-state index >= 15 is 0 Å². The van der Waals surface area contributed by atoms with Gasteiger partial charge in [0, 0.05) is 13.2 Å². The van der Waals surface area contributed by atoms with E-state index in [0.29, 0.717) is 11.6 Å². The van der Waals surface area contributed by atoms with Crippen molar-refractivity contribution in [1.29, 1.82) is 0 Å². The molecule has 1 aliphatic rings. The molecule has 1 saturated heterocycles. The van der Waals surface area contributed by atoms with Gasteiger partial charge in [0.15, 0.2) is 0 Å². The number of nitrogens with one attached hydrogen (secondary N) is 2. The molecule has 2 rings (SSSR count). The number of aromatic nitrogens is 2. The van der Waals surface area contributed by atoms with Gasteiger partial charge in [-0.25, -0.2) is 5.10 Å². The SMILES string of the molecule is O=c1[nH]ncc(NC[C@@H]2CCCOC2)c1Cl. The summed E-state index contributed by atoms with van der Waals surface area (Å²) in [5.74, 6) is 0.476. The zero-order valence-electron chi connectivity index (χ0n) is 8.83. The molecule has 0 amide bonds. The van der Waals surface area contributed by atoms with E-state index in [1.165, 1.54) is 6.20 Å². The van der Waals surface area contributed by atoms with E-state index < -0.39 is 0 Å². The maximum Gasteiger partial charge on any atom is 0.285 e. The lowest BCUT2D eigenvalue weighted by atomic mass is 10.0. The highest BCUT2D eigenvalue weighted by Crippen LogP contribution is 2.18. The average molecular weight is 244 g/mol. The van der Waals surface area contributed by atoms with E-state index in [2.05, 4.69) is 15.5 Å². The van der Waals surface area contributed by atoms with Crippen molar-refractivity contribution in [2.45, 2.75) is 12.8 Å². The highest BCUT2D eigenvalue weighted by molar-refractivity contribution is 6.32. The van der Waals surface area contributed by atoms with Gasteiger partial charge < -0.3 is 10.1 Å². The summed E-state index contributed by atoms with van der Waals surface area (Å²) < 4.78 is 5.37. The lowest BCUT2D eigenvalue weighted by molar-refractivity contribution is 0.0595. The number of anilines is 1. The molecule has 2 heterocycles. The fraction of sp³-hybridized carbons (Fsp3) is 0.600. The van der Waals surface area contributed by atoms with Gasteiger partial charge >= 0.3 is 0 Å². The molecule has 1 aromatic heterocycles. The molecular weight excluding hydrogens is 230 g/mol. The van der Waals surface area contributed by atoms with E-state index in [1.807, 2.05) is 0 Å². The Labute approximate surface area is 98.2 Å². The third-order valence-electron chi connectivity index (χ3n) is 2.63. The van der Waals surface area contributed by atoms with Gasteiger partial charge in [0.25, 0.3) is 5.56 Å². The molecule has 0 aliphatic carbocycles. The fourth-order valence-corrected chi connectivity index (χ4v) is 1.89. The summed E-state index contributed by atoms with van der Waals surface area (Å²) in [5.41, 5.74) is 0.211. The maximum absolute atomic E-state index is 11.2. The first-order valence-corrected chi connectivity index (χ1v) is 5.70. The van der Waals surface area contributed by atoms with Crippen LogP contribution in [0.1, 0.15) is 12.8 Å². The van der Waals surface area contributed by atoms with Crippen LogP contribution in [0, 0.1) is 5.92 Å². The molecule has 0 spiro atoms. The second kappa shape index (κ2) is 5.32. The molecule has 0 bridgehead atoms.